The summed E-state index contributed by atoms with van der Waals surface area (Å²) >= 11 is 0. The van der Waals surface area contributed by atoms with Gasteiger partial charge < -0.3 is 5.73 Å². The van der Waals surface area contributed by atoms with E-state index in [1.807, 2.05) is 0 Å². The molecule has 15 heavy (non-hydrogen) atoms. The molecule has 0 bridgehead atoms. The average molecular weight is 213 g/mol. The third kappa shape index (κ3) is 1.70. The van der Waals surface area contributed by atoms with Crippen molar-refractivity contribution < 1.29 is 13.2 Å². The van der Waals surface area contributed by atoms with Crippen LogP contribution in [0.2, 0.25) is 0 Å². The van der Waals surface area contributed by atoms with E-state index in [1.165, 1.54) is 12.4 Å². The Balaban J connectivity index is 2.70. The highest BCUT2D eigenvalue weighted by Gasteiger charge is 2.30. The molecule has 2 rings (SSSR count). The summed E-state index contributed by atoms with van der Waals surface area (Å²) in [6.45, 7) is 0. The standard InChI is InChI=1S/C9H6F3N3/c10-9(11,12)5-1-2-7-6(3-5)8(13)15-4-14-7/h1-4H,(H2,13,14,15). The lowest BCUT2D eigenvalue weighted by molar-refractivity contribution is -0.137. The molecule has 0 fully saturated rings. The van der Waals surface area contributed by atoms with Gasteiger partial charge in [-0.05, 0) is 18.2 Å². The van der Waals surface area contributed by atoms with Crippen molar-refractivity contribution in [3.8, 4) is 0 Å². The molecule has 1 aromatic carbocycles. The second-order valence-corrected chi connectivity index (χ2v) is 2.99. The van der Waals surface area contributed by atoms with E-state index in [0.29, 0.717) is 5.52 Å². The summed E-state index contributed by atoms with van der Waals surface area (Å²) < 4.78 is 37.1. The van der Waals surface area contributed by atoms with E-state index in [1.54, 1.807) is 0 Å². The predicted molar refractivity (Wildman–Crippen MR) is 49.0 cm³/mol. The van der Waals surface area contributed by atoms with Crippen molar-refractivity contribution in [2.45, 2.75) is 6.18 Å². The number of hydrogen-bond acceptors (Lipinski definition) is 3. The molecule has 1 aromatic heterocycles. The number of nitrogens with two attached hydrogens (primary N) is 1. The number of alkyl halides is 3. The largest absolute Gasteiger partial charge is 0.416 e. The highest BCUT2D eigenvalue weighted by Crippen LogP contribution is 2.31. The molecule has 0 saturated heterocycles. The number of rotatable bonds is 0. The predicted octanol–water partition coefficient (Wildman–Crippen LogP) is 2.23. The number of fused-ring (bicyclic) bond motifs is 1. The van der Waals surface area contributed by atoms with Crippen LogP contribution in [0.15, 0.2) is 24.5 Å². The summed E-state index contributed by atoms with van der Waals surface area (Å²) in [4.78, 5) is 7.44. The summed E-state index contributed by atoms with van der Waals surface area (Å²) in [5.41, 5.74) is 5.10. The van der Waals surface area contributed by atoms with Gasteiger partial charge in [-0.3, -0.25) is 0 Å². The van der Waals surface area contributed by atoms with Crippen molar-refractivity contribution in [3.05, 3.63) is 30.1 Å². The minimum Gasteiger partial charge on any atom is -0.383 e. The van der Waals surface area contributed by atoms with Gasteiger partial charge in [-0.15, -0.1) is 0 Å². The van der Waals surface area contributed by atoms with Gasteiger partial charge in [0.1, 0.15) is 12.1 Å². The maximum Gasteiger partial charge on any atom is 0.416 e. The normalized spacial score (nSPS) is 11.9. The lowest BCUT2D eigenvalue weighted by Crippen LogP contribution is -2.05. The van der Waals surface area contributed by atoms with E-state index in [9.17, 15) is 13.2 Å². The van der Waals surface area contributed by atoms with Gasteiger partial charge in [-0.2, -0.15) is 13.2 Å². The molecule has 0 aliphatic rings. The van der Waals surface area contributed by atoms with Crippen molar-refractivity contribution >= 4 is 16.7 Å². The fourth-order valence-corrected chi connectivity index (χ4v) is 1.25. The summed E-state index contributed by atoms with van der Waals surface area (Å²) in [5, 5.41) is 0.215. The smallest absolute Gasteiger partial charge is 0.383 e. The Morgan fingerprint density at radius 1 is 1.13 bits per heavy atom. The van der Waals surface area contributed by atoms with Crippen molar-refractivity contribution in [3.63, 3.8) is 0 Å². The first-order valence-corrected chi connectivity index (χ1v) is 4.06. The van der Waals surface area contributed by atoms with Crippen LogP contribution < -0.4 is 5.73 Å². The number of aromatic nitrogens is 2. The zero-order valence-corrected chi connectivity index (χ0v) is 7.42. The number of nitrogens with zero attached hydrogens (tertiary/aromatic N) is 2. The van der Waals surface area contributed by atoms with Gasteiger partial charge in [-0.25, -0.2) is 9.97 Å². The molecule has 0 spiro atoms. The third-order valence-corrected chi connectivity index (χ3v) is 1.99. The van der Waals surface area contributed by atoms with Crippen molar-refractivity contribution in [1.82, 2.24) is 9.97 Å². The molecule has 0 amide bonds. The minimum atomic E-state index is -4.38. The van der Waals surface area contributed by atoms with E-state index < -0.39 is 11.7 Å². The number of nitrogen functional groups attached to an aromatic ring is 1. The van der Waals surface area contributed by atoms with Gasteiger partial charge in [0.05, 0.1) is 11.1 Å². The highest BCUT2D eigenvalue weighted by atomic mass is 19.4. The Labute approximate surface area is 82.8 Å². The molecule has 0 unspecified atom stereocenters. The minimum absolute atomic E-state index is 0.0473. The van der Waals surface area contributed by atoms with Gasteiger partial charge in [-0.1, -0.05) is 0 Å². The van der Waals surface area contributed by atoms with Crippen LogP contribution in [0.25, 0.3) is 10.9 Å². The van der Waals surface area contributed by atoms with Gasteiger partial charge in [0.2, 0.25) is 0 Å². The molecule has 2 N–H and O–H groups in total. The van der Waals surface area contributed by atoms with Crippen LogP contribution in [0.1, 0.15) is 5.56 Å². The summed E-state index contributed by atoms with van der Waals surface area (Å²) in [5.74, 6) is 0.0473. The molecule has 2 aromatic rings. The Morgan fingerprint density at radius 2 is 1.87 bits per heavy atom. The van der Waals surface area contributed by atoms with Crippen LogP contribution in [-0.4, -0.2) is 9.97 Å². The number of benzene rings is 1. The fraction of sp³-hybridized carbons (Fsp3) is 0.111. The molecule has 0 aliphatic heterocycles. The molecule has 6 heteroatoms. The molecule has 0 saturated carbocycles. The van der Waals surface area contributed by atoms with Crippen LogP contribution in [0.3, 0.4) is 0 Å². The second kappa shape index (κ2) is 3.08. The van der Waals surface area contributed by atoms with Crippen molar-refractivity contribution in [2.24, 2.45) is 0 Å². The highest BCUT2D eigenvalue weighted by molar-refractivity contribution is 5.88. The van der Waals surface area contributed by atoms with Crippen LogP contribution in [0.5, 0.6) is 0 Å². The van der Waals surface area contributed by atoms with Crippen molar-refractivity contribution in [1.29, 1.82) is 0 Å². The van der Waals surface area contributed by atoms with E-state index >= 15 is 0 Å². The number of anilines is 1. The van der Waals surface area contributed by atoms with Gasteiger partial charge >= 0.3 is 6.18 Å². The lowest BCUT2D eigenvalue weighted by Gasteiger charge is -2.07. The third-order valence-electron chi connectivity index (χ3n) is 1.99. The average Bonchev–Trinajstić information content (AvgIpc) is 2.16. The molecule has 3 nitrogen and oxygen atoms in total. The fourth-order valence-electron chi connectivity index (χ4n) is 1.25. The van der Waals surface area contributed by atoms with E-state index in [-0.39, 0.29) is 11.2 Å². The molecule has 0 atom stereocenters. The van der Waals surface area contributed by atoms with E-state index in [4.69, 9.17) is 5.73 Å². The van der Waals surface area contributed by atoms with Crippen LogP contribution >= 0.6 is 0 Å². The maximum absolute atomic E-state index is 12.4. The Hall–Kier alpha value is -1.85. The summed E-state index contributed by atoms with van der Waals surface area (Å²) in [6, 6.07) is 3.19. The Kier molecular flexibility index (Phi) is 1.99. The van der Waals surface area contributed by atoms with Crippen LogP contribution in [0, 0.1) is 0 Å². The first kappa shape index (κ1) is 9.70. The molecular formula is C9H6F3N3. The zero-order chi connectivity index (χ0) is 11.1. The van der Waals surface area contributed by atoms with Crippen molar-refractivity contribution in [2.75, 3.05) is 5.73 Å². The SMILES string of the molecule is Nc1ncnc2ccc(C(F)(F)F)cc12. The first-order chi connectivity index (χ1) is 6.98. The summed E-state index contributed by atoms with van der Waals surface area (Å²) in [7, 11) is 0. The number of hydrogen-bond donors (Lipinski definition) is 1. The lowest BCUT2D eigenvalue weighted by atomic mass is 10.1. The monoisotopic (exact) mass is 213 g/mol. The van der Waals surface area contributed by atoms with Gasteiger partial charge in [0.15, 0.2) is 0 Å². The molecule has 0 radical (unpaired) electrons. The molecule has 78 valence electrons. The van der Waals surface area contributed by atoms with Crippen LogP contribution in [-0.2, 0) is 6.18 Å². The van der Waals surface area contributed by atoms with E-state index in [2.05, 4.69) is 9.97 Å². The van der Waals surface area contributed by atoms with Gasteiger partial charge in [0.25, 0.3) is 0 Å². The molecule has 0 aliphatic carbocycles. The second-order valence-electron chi connectivity index (χ2n) is 2.99. The molecular weight excluding hydrogens is 207 g/mol. The molecule has 1 heterocycles. The van der Waals surface area contributed by atoms with Gasteiger partial charge in [0, 0.05) is 5.39 Å². The first-order valence-electron chi connectivity index (χ1n) is 4.06. The quantitative estimate of drug-likeness (QED) is 0.730. The van der Waals surface area contributed by atoms with E-state index in [0.717, 1.165) is 12.1 Å². The Morgan fingerprint density at radius 3 is 2.53 bits per heavy atom. The maximum atomic E-state index is 12.4. The summed E-state index contributed by atoms with van der Waals surface area (Å²) in [6.07, 6.45) is -3.17. The Bertz CT molecular complexity index is 507. The van der Waals surface area contributed by atoms with Crippen LogP contribution in [0.4, 0.5) is 19.0 Å². The number of halogens is 3. The topological polar surface area (TPSA) is 51.8 Å². The zero-order valence-electron chi connectivity index (χ0n) is 7.42.